The van der Waals surface area contributed by atoms with Crippen LogP contribution in [0.3, 0.4) is 0 Å². The number of aliphatic hydroxyl groups is 1. The standard InChI is InChI=1S/C17H26N2O3/c1-2-19-9-11-22-16(13-19)17(21)18-12-15(8-10-20)14-6-4-3-5-7-14/h3-7,15-16,20H,2,8-13H2,1H3,(H,18,21). The normalized spacial score (nSPS) is 20.5. The van der Waals surface area contributed by atoms with Crippen LogP contribution in [0.2, 0.25) is 0 Å². The van der Waals surface area contributed by atoms with Crippen LogP contribution in [0.4, 0.5) is 0 Å². The summed E-state index contributed by atoms with van der Waals surface area (Å²) < 4.78 is 5.57. The van der Waals surface area contributed by atoms with Gasteiger partial charge in [0.15, 0.2) is 0 Å². The maximum atomic E-state index is 12.3. The summed E-state index contributed by atoms with van der Waals surface area (Å²) in [7, 11) is 0. The van der Waals surface area contributed by atoms with Gasteiger partial charge in [0.2, 0.25) is 5.91 Å². The predicted octanol–water partition coefficient (Wildman–Crippen LogP) is 0.990. The van der Waals surface area contributed by atoms with Gasteiger partial charge in [0.1, 0.15) is 6.10 Å². The molecule has 1 aromatic rings. The van der Waals surface area contributed by atoms with Crippen molar-refractivity contribution in [2.24, 2.45) is 0 Å². The number of hydrogen-bond acceptors (Lipinski definition) is 4. The number of nitrogens with one attached hydrogen (secondary N) is 1. The lowest BCUT2D eigenvalue weighted by Gasteiger charge is -2.31. The van der Waals surface area contributed by atoms with Crippen molar-refractivity contribution in [1.82, 2.24) is 10.2 Å². The molecule has 1 saturated heterocycles. The number of nitrogens with zero attached hydrogens (tertiary/aromatic N) is 1. The average molecular weight is 306 g/mol. The Morgan fingerprint density at radius 2 is 2.23 bits per heavy atom. The molecule has 2 N–H and O–H groups in total. The van der Waals surface area contributed by atoms with Crippen molar-refractivity contribution in [2.75, 3.05) is 39.4 Å². The van der Waals surface area contributed by atoms with Gasteiger partial charge >= 0.3 is 0 Å². The molecule has 1 aliphatic heterocycles. The van der Waals surface area contributed by atoms with E-state index in [2.05, 4.69) is 17.1 Å². The number of hydrogen-bond donors (Lipinski definition) is 2. The topological polar surface area (TPSA) is 61.8 Å². The van der Waals surface area contributed by atoms with E-state index < -0.39 is 0 Å². The molecular weight excluding hydrogens is 280 g/mol. The summed E-state index contributed by atoms with van der Waals surface area (Å²) in [6, 6.07) is 9.98. The van der Waals surface area contributed by atoms with Crippen molar-refractivity contribution in [2.45, 2.75) is 25.4 Å². The van der Waals surface area contributed by atoms with Crippen molar-refractivity contribution >= 4 is 5.91 Å². The third kappa shape index (κ3) is 4.80. The van der Waals surface area contributed by atoms with E-state index in [0.717, 1.165) is 18.7 Å². The molecule has 0 aromatic heterocycles. The number of benzene rings is 1. The Hall–Kier alpha value is -1.43. The average Bonchev–Trinajstić information content (AvgIpc) is 2.59. The van der Waals surface area contributed by atoms with Crippen molar-refractivity contribution in [1.29, 1.82) is 0 Å². The molecule has 0 saturated carbocycles. The van der Waals surface area contributed by atoms with Crippen molar-refractivity contribution < 1.29 is 14.6 Å². The van der Waals surface area contributed by atoms with Gasteiger partial charge in [-0.15, -0.1) is 0 Å². The van der Waals surface area contributed by atoms with Gasteiger partial charge in [0.05, 0.1) is 6.61 Å². The minimum atomic E-state index is -0.390. The molecule has 22 heavy (non-hydrogen) atoms. The van der Waals surface area contributed by atoms with Gasteiger partial charge in [-0.25, -0.2) is 0 Å². The Balaban J connectivity index is 1.87. The van der Waals surface area contributed by atoms with E-state index in [9.17, 15) is 9.90 Å². The number of ether oxygens (including phenoxy) is 1. The van der Waals surface area contributed by atoms with Crippen molar-refractivity contribution in [3.63, 3.8) is 0 Å². The second-order valence-electron chi connectivity index (χ2n) is 5.62. The fourth-order valence-corrected chi connectivity index (χ4v) is 2.75. The molecule has 0 bridgehead atoms. The number of rotatable bonds is 7. The molecule has 2 rings (SSSR count). The summed E-state index contributed by atoms with van der Waals surface area (Å²) in [4.78, 5) is 14.5. The minimum absolute atomic E-state index is 0.0583. The van der Waals surface area contributed by atoms with Gasteiger partial charge in [-0.1, -0.05) is 37.3 Å². The largest absolute Gasteiger partial charge is 0.396 e. The van der Waals surface area contributed by atoms with E-state index in [0.29, 0.717) is 26.1 Å². The molecule has 1 aliphatic rings. The van der Waals surface area contributed by atoms with Crippen LogP contribution in [0.15, 0.2) is 30.3 Å². The smallest absolute Gasteiger partial charge is 0.250 e. The van der Waals surface area contributed by atoms with E-state index in [-0.39, 0.29) is 24.5 Å². The van der Waals surface area contributed by atoms with Crippen LogP contribution in [0.1, 0.15) is 24.8 Å². The maximum Gasteiger partial charge on any atom is 0.250 e. The zero-order valence-corrected chi connectivity index (χ0v) is 13.2. The molecule has 2 unspecified atom stereocenters. The van der Waals surface area contributed by atoms with Gasteiger partial charge in [-0.2, -0.15) is 0 Å². The summed E-state index contributed by atoms with van der Waals surface area (Å²) in [6.07, 6.45) is 0.246. The van der Waals surface area contributed by atoms with Crippen LogP contribution in [0.5, 0.6) is 0 Å². The molecule has 1 fully saturated rings. The highest BCUT2D eigenvalue weighted by atomic mass is 16.5. The zero-order chi connectivity index (χ0) is 15.8. The molecule has 0 radical (unpaired) electrons. The third-order valence-corrected chi connectivity index (χ3v) is 4.16. The van der Waals surface area contributed by atoms with Crippen molar-refractivity contribution in [3.05, 3.63) is 35.9 Å². The summed E-state index contributed by atoms with van der Waals surface area (Å²) >= 11 is 0. The molecule has 5 heteroatoms. The van der Waals surface area contributed by atoms with Crippen LogP contribution in [-0.4, -0.2) is 61.4 Å². The van der Waals surface area contributed by atoms with Crippen molar-refractivity contribution in [3.8, 4) is 0 Å². The first-order chi connectivity index (χ1) is 10.7. The summed E-state index contributed by atoms with van der Waals surface area (Å²) in [5.41, 5.74) is 1.14. The first-order valence-electron chi connectivity index (χ1n) is 8.02. The molecule has 122 valence electrons. The summed E-state index contributed by atoms with van der Waals surface area (Å²) in [6.45, 7) is 5.80. The number of amides is 1. The van der Waals surface area contributed by atoms with E-state index in [4.69, 9.17) is 4.74 Å². The lowest BCUT2D eigenvalue weighted by Crippen LogP contribution is -2.50. The molecule has 5 nitrogen and oxygen atoms in total. The first-order valence-corrected chi connectivity index (χ1v) is 8.02. The quantitative estimate of drug-likeness (QED) is 0.789. The van der Waals surface area contributed by atoms with E-state index in [1.165, 1.54) is 0 Å². The highest BCUT2D eigenvalue weighted by Gasteiger charge is 2.26. The van der Waals surface area contributed by atoms with Gasteiger partial charge in [0, 0.05) is 32.2 Å². The lowest BCUT2D eigenvalue weighted by molar-refractivity contribution is -0.138. The maximum absolute atomic E-state index is 12.3. The fourth-order valence-electron chi connectivity index (χ4n) is 2.75. The number of carbonyl (C=O) groups excluding carboxylic acids is 1. The SMILES string of the molecule is CCN1CCOC(C(=O)NCC(CCO)c2ccccc2)C1. The van der Waals surface area contributed by atoms with Crippen LogP contribution in [0, 0.1) is 0 Å². The second-order valence-corrected chi connectivity index (χ2v) is 5.62. The Morgan fingerprint density at radius 3 is 2.91 bits per heavy atom. The molecule has 1 heterocycles. The van der Waals surface area contributed by atoms with E-state index >= 15 is 0 Å². The van der Waals surface area contributed by atoms with Crippen LogP contribution >= 0.6 is 0 Å². The number of likely N-dealkylation sites (N-methyl/N-ethyl adjacent to an activating group) is 1. The predicted molar refractivity (Wildman–Crippen MR) is 85.7 cm³/mol. The minimum Gasteiger partial charge on any atom is -0.396 e. The third-order valence-electron chi connectivity index (χ3n) is 4.16. The van der Waals surface area contributed by atoms with Gasteiger partial charge < -0.3 is 15.2 Å². The Bertz CT molecular complexity index is 452. The number of morpholine rings is 1. The van der Waals surface area contributed by atoms with Gasteiger partial charge in [0.25, 0.3) is 0 Å². The zero-order valence-electron chi connectivity index (χ0n) is 13.2. The van der Waals surface area contributed by atoms with Crippen LogP contribution in [0.25, 0.3) is 0 Å². The van der Waals surface area contributed by atoms with Crippen LogP contribution < -0.4 is 5.32 Å². The van der Waals surface area contributed by atoms with E-state index in [1.54, 1.807) is 0 Å². The molecule has 2 atom stereocenters. The fraction of sp³-hybridized carbons (Fsp3) is 0.588. The van der Waals surface area contributed by atoms with Crippen LogP contribution in [-0.2, 0) is 9.53 Å². The highest BCUT2D eigenvalue weighted by Crippen LogP contribution is 2.18. The van der Waals surface area contributed by atoms with Gasteiger partial charge in [-0.3, -0.25) is 9.69 Å². The lowest BCUT2D eigenvalue weighted by atomic mass is 9.96. The Labute approximate surface area is 132 Å². The Morgan fingerprint density at radius 1 is 1.45 bits per heavy atom. The molecule has 0 aliphatic carbocycles. The molecular formula is C17H26N2O3. The monoisotopic (exact) mass is 306 g/mol. The number of aliphatic hydroxyl groups excluding tert-OH is 1. The molecule has 1 amide bonds. The summed E-state index contributed by atoms with van der Waals surface area (Å²) in [5, 5.41) is 12.2. The first kappa shape index (κ1) is 16.9. The summed E-state index contributed by atoms with van der Waals surface area (Å²) in [5.74, 6) is 0.0676. The van der Waals surface area contributed by atoms with Gasteiger partial charge in [-0.05, 0) is 18.5 Å². The molecule has 1 aromatic carbocycles. The second kappa shape index (κ2) is 8.88. The van der Waals surface area contributed by atoms with E-state index in [1.807, 2.05) is 30.3 Å². The number of carbonyl (C=O) groups is 1. The highest BCUT2D eigenvalue weighted by molar-refractivity contribution is 5.81. The Kier molecular flexibility index (Phi) is 6.83. The molecule has 0 spiro atoms.